The summed E-state index contributed by atoms with van der Waals surface area (Å²) in [5, 5.41) is 0. The van der Waals surface area contributed by atoms with E-state index in [9.17, 15) is 0 Å². The lowest BCUT2D eigenvalue weighted by atomic mass is 10.1. The van der Waals surface area contributed by atoms with Gasteiger partial charge in [0, 0.05) is 12.3 Å². The van der Waals surface area contributed by atoms with Crippen LogP contribution in [0.2, 0.25) is 0 Å². The lowest BCUT2D eigenvalue weighted by Crippen LogP contribution is -2.01. The molecule has 2 rings (SSSR count). The maximum Gasteiger partial charge on any atom is 0.0474 e. The molecule has 1 heteroatoms. The third-order valence-electron chi connectivity index (χ3n) is 2.97. The second-order valence-corrected chi connectivity index (χ2v) is 4.56. The minimum atomic E-state index is 0.366. The number of hydrogen-bond acceptors (Lipinski definition) is 1. The highest BCUT2D eigenvalue weighted by atomic mass is 14.7. The largest absolute Gasteiger partial charge is 0.290 e. The molecule has 2 aromatic rings. The third-order valence-corrected chi connectivity index (χ3v) is 2.97. The van der Waals surface area contributed by atoms with E-state index in [1.807, 2.05) is 24.4 Å². The Morgan fingerprint density at radius 1 is 0.944 bits per heavy atom. The molecular formula is C17H19N. The average molecular weight is 237 g/mol. The van der Waals surface area contributed by atoms with Gasteiger partial charge in [-0.15, -0.1) is 0 Å². The quantitative estimate of drug-likeness (QED) is 0.693. The first-order chi connectivity index (χ1) is 8.84. The minimum absolute atomic E-state index is 0.366. The predicted molar refractivity (Wildman–Crippen MR) is 78.3 cm³/mol. The van der Waals surface area contributed by atoms with Crippen LogP contribution in [0.5, 0.6) is 0 Å². The van der Waals surface area contributed by atoms with Crippen molar-refractivity contribution >= 4 is 6.21 Å². The van der Waals surface area contributed by atoms with E-state index in [0.717, 1.165) is 12.8 Å². The highest BCUT2D eigenvalue weighted by Crippen LogP contribution is 2.07. The van der Waals surface area contributed by atoms with E-state index in [0.29, 0.717) is 6.04 Å². The van der Waals surface area contributed by atoms with Crippen LogP contribution in [-0.2, 0) is 6.42 Å². The van der Waals surface area contributed by atoms with Crippen LogP contribution < -0.4 is 0 Å². The van der Waals surface area contributed by atoms with E-state index in [1.165, 1.54) is 11.1 Å². The molecule has 0 spiro atoms. The van der Waals surface area contributed by atoms with Crippen LogP contribution in [0.4, 0.5) is 0 Å². The molecule has 0 N–H and O–H groups in total. The zero-order valence-corrected chi connectivity index (χ0v) is 10.8. The zero-order chi connectivity index (χ0) is 12.6. The van der Waals surface area contributed by atoms with E-state index in [4.69, 9.17) is 0 Å². The summed E-state index contributed by atoms with van der Waals surface area (Å²) in [6.07, 6.45) is 4.15. The molecule has 0 unspecified atom stereocenters. The fourth-order valence-electron chi connectivity index (χ4n) is 1.85. The Bertz CT molecular complexity index is 473. The van der Waals surface area contributed by atoms with Gasteiger partial charge >= 0.3 is 0 Å². The van der Waals surface area contributed by atoms with E-state index in [-0.39, 0.29) is 0 Å². The van der Waals surface area contributed by atoms with Crippen molar-refractivity contribution in [2.24, 2.45) is 4.99 Å². The topological polar surface area (TPSA) is 12.4 Å². The Balaban J connectivity index is 1.82. The van der Waals surface area contributed by atoms with Crippen molar-refractivity contribution in [3.8, 4) is 0 Å². The Hall–Kier alpha value is -1.89. The van der Waals surface area contributed by atoms with Crippen LogP contribution in [-0.4, -0.2) is 12.3 Å². The number of nitrogens with zero attached hydrogens (tertiary/aromatic N) is 1. The maximum atomic E-state index is 4.58. The van der Waals surface area contributed by atoms with E-state index < -0.39 is 0 Å². The number of benzene rings is 2. The number of aryl methyl sites for hydroxylation is 1. The second-order valence-electron chi connectivity index (χ2n) is 4.56. The summed E-state index contributed by atoms with van der Waals surface area (Å²) in [5.41, 5.74) is 2.56. The first-order valence-electron chi connectivity index (χ1n) is 6.47. The van der Waals surface area contributed by atoms with Gasteiger partial charge in [-0.2, -0.15) is 0 Å². The van der Waals surface area contributed by atoms with Crippen LogP contribution in [0.15, 0.2) is 65.7 Å². The summed E-state index contributed by atoms with van der Waals surface area (Å²) < 4.78 is 0. The molecule has 18 heavy (non-hydrogen) atoms. The normalized spacial score (nSPS) is 12.7. The molecule has 0 saturated heterocycles. The summed E-state index contributed by atoms with van der Waals surface area (Å²) in [4.78, 5) is 4.58. The molecule has 0 radical (unpaired) electrons. The molecule has 92 valence electrons. The number of hydrogen-bond donors (Lipinski definition) is 0. The Morgan fingerprint density at radius 2 is 1.56 bits per heavy atom. The fourth-order valence-corrected chi connectivity index (χ4v) is 1.85. The van der Waals surface area contributed by atoms with Crippen LogP contribution >= 0.6 is 0 Å². The first kappa shape index (κ1) is 12.6. The summed E-state index contributed by atoms with van der Waals surface area (Å²) >= 11 is 0. The fraction of sp³-hybridized carbons (Fsp3) is 0.235. The molecule has 0 aliphatic carbocycles. The SMILES string of the molecule is C[C@H](CCc1ccccc1)N=Cc1ccccc1. The molecule has 0 heterocycles. The lowest BCUT2D eigenvalue weighted by Gasteiger charge is -2.06. The predicted octanol–water partition coefficient (Wildman–Crippen LogP) is 4.13. The van der Waals surface area contributed by atoms with Crippen molar-refractivity contribution in [2.75, 3.05) is 0 Å². The van der Waals surface area contributed by atoms with Gasteiger partial charge < -0.3 is 0 Å². The Kier molecular flexibility index (Phi) is 4.71. The number of rotatable bonds is 5. The second kappa shape index (κ2) is 6.75. The molecule has 0 bridgehead atoms. The summed E-state index contributed by atoms with van der Waals surface area (Å²) in [5.74, 6) is 0. The minimum Gasteiger partial charge on any atom is -0.290 e. The van der Waals surface area contributed by atoms with Gasteiger partial charge in [0.1, 0.15) is 0 Å². The summed E-state index contributed by atoms with van der Waals surface area (Å²) in [7, 11) is 0. The van der Waals surface area contributed by atoms with Crippen molar-refractivity contribution in [1.82, 2.24) is 0 Å². The van der Waals surface area contributed by atoms with Gasteiger partial charge in [-0.3, -0.25) is 4.99 Å². The highest BCUT2D eigenvalue weighted by Gasteiger charge is 1.99. The van der Waals surface area contributed by atoms with Gasteiger partial charge in [0.15, 0.2) is 0 Å². The summed E-state index contributed by atoms with van der Waals surface area (Å²) in [6.45, 7) is 2.17. The molecule has 1 nitrogen and oxygen atoms in total. The van der Waals surface area contributed by atoms with Gasteiger partial charge in [-0.25, -0.2) is 0 Å². The molecular weight excluding hydrogens is 218 g/mol. The smallest absolute Gasteiger partial charge is 0.0474 e. The van der Waals surface area contributed by atoms with Gasteiger partial charge in [-0.1, -0.05) is 60.7 Å². The van der Waals surface area contributed by atoms with Crippen molar-refractivity contribution in [2.45, 2.75) is 25.8 Å². The van der Waals surface area contributed by atoms with Crippen LogP contribution in [0.3, 0.4) is 0 Å². The molecule has 0 aromatic heterocycles. The highest BCUT2D eigenvalue weighted by molar-refractivity contribution is 5.79. The van der Waals surface area contributed by atoms with Gasteiger partial charge in [0.05, 0.1) is 0 Å². The van der Waals surface area contributed by atoms with E-state index in [1.54, 1.807) is 0 Å². The molecule has 0 aliphatic rings. The van der Waals surface area contributed by atoms with Gasteiger partial charge in [-0.05, 0) is 30.9 Å². The molecule has 0 saturated carbocycles. The third kappa shape index (κ3) is 4.17. The van der Waals surface area contributed by atoms with Crippen molar-refractivity contribution in [3.63, 3.8) is 0 Å². The standard InChI is InChI=1S/C17H19N/c1-15(12-13-16-8-4-2-5-9-16)18-14-17-10-6-3-7-11-17/h2-11,14-15H,12-13H2,1H3/t15-/m1/s1. The van der Waals surface area contributed by atoms with Crippen molar-refractivity contribution in [1.29, 1.82) is 0 Å². The lowest BCUT2D eigenvalue weighted by molar-refractivity contribution is 0.671. The monoisotopic (exact) mass is 237 g/mol. The maximum absolute atomic E-state index is 4.58. The van der Waals surface area contributed by atoms with Crippen LogP contribution in [0.25, 0.3) is 0 Å². The van der Waals surface area contributed by atoms with Crippen molar-refractivity contribution in [3.05, 3.63) is 71.8 Å². The van der Waals surface area contributed by atoms with Crippen molar-refractivity contribution < 1.29 is 0 Å². The zero-order valence-electron chi connectivity index (χ0n) is 10.8. The van der Waals surface area contributed by atoms with Gasteiger partial charge in [0.25, 0.3) is 0 Å². The number of aliphatic imine (C=N–C) groups is 1. The van der Waals surface area contributed by atoms with E-state index >= 15 is 0 Å². The summed E-state index contributed by atoms with van der Waals surface area (Å²) in [6, 6.07) is 21.2. The molecule has 0 amide bonds. The first-order valence-corrected chi connectivity index (χ1v) is 6.47. The Labute approximate surface area is 109 Å². The average Bonchev–Trinajstić information content (AvgIpc) is 2.45. The molecule has 0 aliphatic heterocycles. The van der Waals surface area contributed by atoms with Crippen LogP contribution in [0.1, 0.15) is 24.5 Å². The van der Waals surface area contributed by atoms with E-state index in [2.05, 4.69) is 54.4 Å². The van der Waals surface area contributed by atoms with Crippen LogP contribution in [0, 0.1) is 0 Å². The Morgan fingerprint density at radius 3 is 2.22 bits per heavy atom. The molecule has 1 atom stereocenters. The molecule has 0 fully saturated rings. The molecule has 2 aromatic carbocycles. The van der Waals surface area contributed by atoms with Gasteiger partial charge in [0.2, 0.25) is 0 Å².